The maximum atomic E-state index is 13.5. The lowest BCUT2D eigenvalue weighted by atomic mass is 10.1. The zero-order valence-electron chi connectivity index (χ0n) is 12.6. The molecule has 0 saturated heterocycles. The largest absolute Gasteiger partial charge is 0.305 e. The Bertz CT molecular complexity index is 1070. The summed E-state index contributed by atoms with van der Waals surface area (Å²) in [4.78, 5) is 7.49. The van der Waals surface area contributed by atoms with E-state index in [0.29, 0.717) is 0 Å². The van der Waals surface area contributed by atoms with E-state index in [2.05, 4.69) is 9.97 Å². The van der Waals surface area contributed by atoms with Gasteiger partial charge in [-0.25, -0.2) is 9.97 Å². The van der Waals surface area contributed by atoms with Gasteiger partial charge >= 0.3 is 0 Å². The van der Waals surface area contributed by atoms with Crippen LogP contribution in [0.3, 0.4) is 0 Å². The monoisotopic (exact) mass is 309 g/mol. The molecule has 5 rings (SSSR count). The third-order valence-corrected chi connectivity index (χ3v) is 4.02. The molecular formula is C18H13F2N3. The lowest BCUT2D eigenvalue weighted by molar-refractivity contribution is 0.586. The second kappa shape index (κ2) is 4.84. The van der Waals surface area contributed by atoms with Crippen LogP contribution >= 0.6 is 0 Å². The predicted molar refractivity (Wildman–Crippen MR) is 88.0 cm³/mol. The van der Waals surface area contributed by atoms with Crippen molar-refractivity contribution in [3.8, 4) is 0 Å². The van der Waals surface area contributed by atoms with Crippen LogP contribution in [0.2, 0.25) is 0 Å². The fourth-order valence-electron chi connectivity index (χ4n) is 3.22. The Kier molecular flexibility index (Phi) is 2.91. The summed E-state index contributed by atoms with van der Waals surface area (Å²) in [5.41, 5.74) is 2.54. The quantitative estimate of drug-likeness (QED) is 0.380. The van der Waals surface area contributed by atoms with Gasteiger partial charge in [0.1, 0.15) is 0 Å². The molecule has 0 radical (unpaired) electrons. The van der Waals surface area contributed by atoms with Crippen LogP contribution in [0, 0.1) is 11.9 Å². The molecular weight excluding hydrogens is 296 g/mol. The minimum absolute atomic E-state index is 0.509. The molecule has 0 amide bonds. The first-order valence-electron chi connectivity index (χ1n) is 7.49. The van der Waals surface area contributed by atoms with E-state index in [-0.39, 0.29) is 0 Å². The molecule has 4 aromatic heterocycles. The summed E-state index contributed by atoms with van der Waals surface area (Å²) in [5, 5.41) is 3.46. The van der Waals surface area contributed by atoms with Gasteiger partial charge in [0.25, 0.3) is 0 Å². The molecule has 0 aliphatic rings. The number of fused-ring (bicyclic) bond motifs is 6. The zero-order chi connectivity index (χ0) is 16.1. The number of halogens is 2. The maximum absolute atomic E-state index is 13.5. The number of hydrogen-bond donors (Lipinski definition) is 0. The highest BCUT2D eigenvalue weighted by Crippen LogP contribution is 2.38. The van der Waals surface area contributed by atoms with Crippen molar-refractivity contribution in [1.82, 2.24) is 14.4 Å². The van der Waals surface area contributed by atoms with Crippen molar-refractivity contribution >= 4 is 38.1 Å². The van der Waals surface area contributed by atoms with Gasteiger partial charge in [0.2, 0.25) is 11.9 Å². The summed E-state index contributed by atoms with van der Waals surface area (Å²) in [6.07, 6.45) is 3.01. The molecule has 5 aromatic rings. The summed E-state index contributed by atoms with van der Waals surface area (Å²) >= 11 is 0. The maximum Gasteiger partial charge on any atom is 0.213 e. The van der Waals surface area contributed by atoms with Crippen LogP contribution in [0.15, 0.2) is 42.7 Å². The van der Waals surface area contributed by atoms with E-state index in [1.807, 2.05) is 36.4 Å². The van der Waals surface area contributed by atoms with Gasteiger partial charge in [-0.15, -0.1) is 0 Å². The van der Waals surface area contributed by atoms with Crippen molar-refractivity contribution in [3.63, 3.8) is 0 Å². The molecule has 3 nitrogen and oxygen atoms in total. The van der Waals surface area contributed by atoms with Crippen LogP contribution in [0.5, 0.6) is 0 Å². The number of hydrogen-bond acceptors (Lipinski definition) is 2. The van der Waals surface area contributed by atoms with Crippen molar-refractivity contribution in [2.45, 2.75) is 13.8 Å². The van der Waals surface area contributed by atoms with Crippen molar-refractivity contribution in [3.05, 3.63) is 54.6 Å². The average Bonchev–Trinajstić information content (AvgIpc) is 3.07. The summed E-state index contributed by atoms with van der Waals surface area (Å²) in [5.74, 6) is -1.02. The highest BCUT2D eigenvalue weighted by atomic mass is 19.1. The van der Waals surface area contributed by atoms with Crippen LogP contribution < -0.4 is 0 Å². The van der Waals surface area contributed by atoms with Crippen molar-refractivity contribution in [2.75, 3.05) is 0 Å². The standard InChI is InChI=1S/C16H7F2N3.C2H6/c17-14-4-10-8-2-1-3-9-11-5-15(18)20-7-13(11)21(16(8)9)12(10)6-19-14;1-2/h1-7H;1-2H3. The molecule has 4 heterocycles. The van der Waals surface area contributed by atoms with Crippen molar-refractivity contribution in [1.29, 1.82) is 0 Å². The van der Waals surface area contributed by atoms with Gasteiger partial charge in [-0.05, 0) is 0 Å². The van der Waals surface area contributed by atoms with Gasteiger partial charge in [0.05, 0.1) is 28.9 Å². The molecule has 0 atom stereocenters. The van der Waals surface area contributed by atoms with Crippen LogP contribution in [0.1, 0.15) is 13.8 Å². The highest BCUT2D eigenvalue weighted by Gasteiger charge is 2.18. The molecule has 1 aromatic carbocycles. The number of nitrogens with zero attached hydrogens (tertiary/aromatic N) is 3. The van der Waals surface area contributed by atoms with E-state index in [1.54, 1.807) is 0 Å². The smallest absolute Gasteiger partial charge is 0.213 e. The van der Waals surface area contributed by atoms with E-state index in [9.17, 15) is 8.78 Å². The van der Waals surface area contributed by atoms with Gasteiger partial charge in [-0.1, -0.05) is 32.0 Å². The van der Waals surface area contributed by atoms with Gasteiger partial charge in [-0.3, -0.25) is 0 Å². The predicted octanol–water partition coefficient (Wildman–Crippen LogP) is 4.93. The Morgan fingerprint density at radius 2 is 1.26 bits per heavy atom. The lowest BCUT2D eigenvalue weighted by Gasteiger charge is -1.96. The highest BCUT2D eigenvalue weighted by molar-refractivity contribution is 6.22. The topological polar surface area (TPSA) is 30.2 Å². The Morgan fingerprint density at radius 1 is 0.783 bits per heavy atom. The van der Waals surface area contributed by atoms with Gasteiger partial charge in [0.15, 0.2) is 0 Å². The minimum atomic E-state index is -0.509. The van der Waals surface area contributed by atoms with Crippen molar-refractivity contribution < 1.29 is 8.78 Å². The van der Waals surface area contributed by atoms with E-state index in [4.69, 9.17) is 0 Å². The summed E-state index contributed by atoms with van der Waals surface area (Å²) in [6, 6.07) is 8.63. The van der Waals surface area contributed by atoms with Gasteiger partial charge in [-0.2, -0.15) is 8.78 Å². The molecule has 5 heteroatoms. The molecule has 0 unspecified atom stereocenters. The summed E-state index contributed by atoms with van der Waals surface area (Å²) < 4.78 is 28.9. The molecule has 0 spiro atoms. The van der Waals surface area contributed by atoms with E-state index in [1.165, 1.54) is 24.5 Å². The first kappa shape index (κ1) is 13.8. The number of benzene rings is 1. The number of pyridine rings is 2. The fourth-order valence-corrected chi connectivity index (χ4v) is 3.22. The molecule has 0 aliphatic carbocycles. The second-order valence-corrected chi connectivity index (χ2v) is 5.09. The number of aromatic nitrogens is 3. The first-order valence-corrected chi connectivity index (χ1v) is 7.49. The second-order valence-electron chi connectivity index (χ2n) is 5.09. The van der Waals surface area contributed by atoms with Crippen molar-refractivity contribution in [2.24, 2.45) is 0 Å². The van der Waals surface area contributed by atoms with Gasteiger partial charge in [0, 0.05) is 33.7 Å². The normalized spacial score (nSPS) is 11.5. The lowest BCUT2D eigenvalue weighted by Crippen LogP contribution is -1.86. The summed E-state index contributed by atoms with van der Waals surface area (Å²) in [6.45, 7) is 4.00. The van der Waals surface area contributed by atoms with E-state index in [0.717, 1.165) is 38.1 Å². The van der Waals surface area contributed by atoms with Crippen LogP contribution in [-0.4, -0.2) is 14.4 Å². The number of rotatable bonds is 0. The summed E-state index contributed by atoms with van der Waals surface area (Å²) in [7, 11) is 0. The first-order chi connectivity index (χ1) is 11.2. The average molecular weight is 309 g/mol. The zero-order valence-corrected chi connectivity index (χ0v) is 12.6. The number of para-hydroxylation sites is 1. The molecule has 0 bridgehead atoms. The third kappa shape index (κ3) is 1.73. The van der Waals surface area contributed by atoms with Gasteiger partial charge < -0.3 is 4.40 Å². The molecule has 0 N–H and O–H groups in total. The molecule has 23 heavy (non-hydrogen) atoms. The Morgan fingerprint density at radius 3 is 1.74 bits per heavy atom. The Balaban J connectivity index is 0.000000652. The van der Waals surface area contributed by atoms with E-state index >= 15 is 0 Å². The van der Waals surface area contributed by atoms with Crippen LogP contribution in [0.4, 0.5) is 8.78 Å². The fraction of sp³-hybridized carbons (Fsp3) is 0.111. The molecule has 0 aliphatic heterocycles. The Labute approximate surface area is 130 Å². The molecule has 0 fully saturated rings. The third-order valence-electron chi connectivity index (χ3n) is 4.02. The molecule has 0 saturated carbocycles. The van der Waals surface area contributed by atoms with Crippen LogP contribution in [0.25, 0.3) is 38.1 Å². The molecule has 114 valence electrons. The van der Waals surface area contributed by atoms with Crippen LogP contribution in [-0.2, 0) is 0 Å². The minimum Gasteiger partial charge on any atom is -0.305 e. The van der Waals surface area contributed by atoms with E-state index < -0.39 is 11.9 Å². The SMILES string of the molecule is CC.Fc1cc2c3cccc4c5cc(F)ncc5n(c2cn1)c34. The Hall–Kier alpha value is -2.82.